The van der Waals surface area contributed by atoms with Crippen molar-refractivity contribution >= 4 is 5.78 Å². The van der Waals surface area contributed by atoms with Crippen LogP contribution in [-0.2, 0) is 9.53 Å². The molecule has 2 atom stereocenters. The summed E-state index contributed by atoms with van der Waals surface area (Å²) in [5.74, 6) is 0.0849. The summed E-state index contributed by atoms with van der Waals surface area (Å²) in [6.07, 6.45) is 10.4. The van der Waals surface area contributed by atoms with Gasteiger partial charge in [-0.1, -0.05) is 17.7 Å². The Balaban J connectivity index is 1.93. The summed E-state index contributed by atoms with van der Waals surface area (Å²) < 4.78 is 5.58. The largest absolute Gasteiger partial charge is 0.363 e. The Labute approximate surface area is 84.6 Å². The molecule has 0 saturated carbocycles. The molecule has 0 bridgehead atoms. The molecule has 0 unspecified atom stereocenters. The fourth-order valence-electron chi connectivity index (χ4n) is 2.01. The normalized spacial score (nSPS) is 32.1. The highest BCUT2D eigenvalue weighted by Crippen LogP contribution is 2.25. The van der Waals surface area contributed by atoms with E-state index >= 15 is 0 Å². The third-order valence-corrected chi connectivity index (χ3v) is 2.85. The summed E-state index contributed by atoms with van der Waals surface area (Å²) in [6, 6.07) is 0. The predicted molar refractivity (Wildman–Crippen MR) is 55.0 cm³/mol. The Bertz CT molecular complexity index is 289. The van der Waals surface area contributed by atoms with Crippen LogP contribution in [0.2, 0.25) is 0 Å². The summed E-state index contributed by atoms with van der Waals surface area (Å²) in [6.45, 7) is 1.82. The highest BCUT2D eigenvalue weighted by molar-refractivity contribution is 5.93. The van der Waals surface area contributed by atoms with Crippen molar-refractivity contribution in [3.05, 3.63) is 23.8 Å². The number of rotatable bonds is 2. The molecule has 0 radical (unpaired) electrons. The van der Waals surface area contributed by atoms with Crippen molar-refractivity contribution in [3.63, 3.8) is 0 Å². The van der Waals surface area contributed by atoms with Gasteiger partial charge < -0.3 is 4.74 Å². The summed E-state index contributed by atoms with van der Waals surface area (Å²) in [7, 11) is 0. The van der Waals surface area contributed by atoms with E-state index in [1.165, 1.54) is 24.8 Å². The monoisotopic (exact) mass is 192 g/mol. The summed E-state index contributed by atoms with van der Waals surface area (Å²) in [4.78, 5) is 11.2. The number of allylic oxidation sites excluding steroid dienone is 1. The van der Waals surface area contributed by atoms with Gasteiger partial charge in [-0.2, -0.15) is 0 Å². The first-order valence-corrected chi connectivity index (χ1v) is 5.31. The lowest BCUT2D eigenvalue weighted by atomic mass is 10.0. The maximum absolute atomic E-state index is 11.2. The molecule has 0 aromatic rings. The van der Waals surface area contributed by atoms with Crippen molar-refractivity contribution in [1.29, 1.82) is 0 Å². The van der Waals surface area contributed by atoms with E-state index in [-0.39, 0.29) is 18.0 Å². The first-order valence-electron chi connectivity index (χ1n) is 5.31. The standard InChI is InChI=1S/C12H16O2/c1-9-12(13)7-6-11(14-9)8-10-4-2-3-5-10/h4,6-7,9,11H,2-3,5,8H2,1H3/t9-,11-/m1/s1. The van der Waals surface area contributed by atoms with Gasteiger partial charge in [-0.25, -0.2) is 0 Å². The Hall–Kier alpha value is -0.890. The Morgan fingerprint density at radius 1 is 1.57 bits per heavy atom. The van der Waals surface area contributed by atoms with Crippen LogP contribution in [0, 0.1) is 0 Å². The van der Waals surface area contributed by atoms with Crippen LogP contribution < -0.4 is 0 Å². The molecule has 76 valence electrons. The van der Waals surface area contributed by atoms with Crippen LogP contribution in [0.25, 0.3) is 0 Å². The van der Waals surface area contributed by atoms with Crippen molar-refractivity contribution in [3.8, 4) is 0 Å². The molecule has 0 N–H and O–H groups in total. The first kappa shape index (κ1) is 9.66. The Kier molecular flexibility index (Phi) is 2.82. The van der Waals surface area contributed by atoms with Crippen molar-refractivity contribution in [2.75, 3.05) is 0 Å². The zero-order valence-electron chi connectivity index (χ0n) is 8.53. The van der Waals surface area contributed by atoms with Gasteiger partial charge >= 0.3 is 0 Å². The van der Waals surface area contributed by atoms with Crippen LogP contribution in [0.3, 0.4) is 0 Å². The van der Waals surface area contributed by atoms with Gasteiger partial charge in [0.25, 0.3) is 0 Å². The molecule has 0 saturated heterocycles. The lowest BCUT2D eigenvalue weighted by molar-refractivity contribution is -0.128. The highest BCUT2D eigenvalue weighted by Gasteiger charge is 2.21. The zero-order chi connectivity index (χ0) is 9.97. The second kappa shape index (κ2) is 4.09. The molecule has 1 aliphatic heterocycles. The van der Waals surface area contributed by atoms with Crippen molar-refractivity contribution in [2.24, 2.45) is 0 Å². The van der Waals surface area contributed by atoms with E-state index in [2.05, 4.69) is 6.08 Å². The molecule has 0 aromatic heterocycles. The Morgan fingerprint density at radius 3 is 3.07 bits per heavy atom. The number of carbonyl (C=O) groups excluding carboxylic acids is 1. The molecule has 1 heterocycles. The highest BCUT2D eigenvalue weighted by atomic mass is 16.5. The zero-order valence-corrected chi connectivity index (χ0v) is 8.53. The molecule has 2 heteroatoms. The number of carbonyl (C=O) groups is 1. The van der Waals surface area contributed by atoms with Gasteiger partial charge in [0.1, 0.15) is 6.10 Å². The van der Waals surface area contributed by atoms with E-state index in [4.69, 9.17) is 4.74 Å². The molecule has 0 aromatic carbocycles. The molecular weight excluding hydrogens is 176 g/mol. The van der Waals surface area contributed by atoms with E-state index in [1.54, 1.807) is 6.08 Å². The summed E-state index contributed by atoms with van der Waals surface area (Å²) in [5.41, 5.74) is 1.49. The minimum Gasteiger partial charge on any atom is -0.363 e. The van der Waals surface area contributed by atoms with E-state index in [0.717, 1.165) is 6.42 Å². The Morgan fingerprint density at radius 2 is 2.43 bits per heavy atom. The predicted octanol–water partition coefficient (Wildman–Crippen LogP) is 2.40. The van der Waals surface area contributed by atoms with Crippen molar-refractivity contribution in [2.45, 2.75) is 44.8 Å². The SMILES string of the molecule is C[C@H]1O[C@@H](CC2=CCCC2)C=CC1=O. The van der Waals surface area contributed by atoms with Crippen LogP contribution in [0.15, 0.2) is 23.8 Å². The lowest BCUT2D eigenvalue weighted by Gasteiger charge is -2.22. The average molecular weight is 192 g/mol. The van der Waals surface area contributed by atoms with Gasteiger partial charge in [-0.3, -0.25) is 4.79 Å². The van der Waals surface area contributed by atoms with Gasteiger partial charge in [0.05, 0.1) is 6.10 Å². The molecule has 0 spiro atoms. The fourth-order valence-corrected chi connectivity index (χ4v) is 2.01. The van der Waals surface area contributed by atoms with Crippen LogP contribution in [0.4, 0.5) is 0 Å². The number of ketones is 1. The van der Waals surface area contributed by atoms with Crippen molar-refractivity contribution < 1.29 is 9.53 Å². The molecular formula is C12H16O2. The maximum Gasteiger partial charge on any atom is 0.183 e. The van der Waals surface area contributed by atoms with Crippen molar-refractivity contribution in [1.82, 2.24) is 0 Å². The quantitative estimate of drug-likeness (QED) is 0.628. The minimum atomic E-state index is -0.257. The maximum atomic E-state index is 11.2. The average Bonchev–Trinajstić information content (AvgIpc) is 2.64. The van der Waals surface area contributed by atoms with E-state index < -0.39 is 0 Å². The van der Waals surface area contributed by atoms with Crippen LogP contribution >= 0.6 is 0 Å². The molecule has 2 rings (SSSR count). The third kappa shape index (κ3) is 2.13. The topological polar surface area (TPSA) is 26.3 Å². The van der Waals surface area contributed by atoms with Gasteiger partial charge in [0, 0.05) is 0 Å². The second-order valence-corrected chi connectivity index (χ2v) is 4.04. The molecule has 14 heavy (non-hydrogen) atoms. The fraction of sp³-hybridized carbons (Fsp3) is 0.583. The summed E-state index contributed by atoms with van der Waals surface area (Å²) in [5, 5.41) is 0. The summed E-state index contributed by atoms with van der Waals surface area (Å²) >= 11 is 0. The van der Waals surface area contributed by atoms with E-state index in [0.29, 0.717) is 0 Å². The number of hydrogen-bond donors (Lipinski definition) is 0. The van der Waals surface area contributed by atoms with Crippen LogP contribution in [0.1, 0.15) is 32.6 Å². The molecule has 2 aliphatic rings. The van der Waals surface area contributed by atoms with Gasteiger partial charge in [-0.05, 0) is 38.7 Å². The molecule has 1 aliphatic carbocycles. The minimum absolute atomic E-state index is 0.0849. The van der Waals surface area contributed by atoms with E-state index in [9.17, 15) is 4.79 Å². The third-order valence-electron chi connectivity index (χ3n) is 2.85. The van der Waals surface area contributed by atoms with Gasteiger partial charge in [-0.15, -0.1) is 0 Å². The number of hydrogen-bond acceptors (Lipinski definition) is 2. The van der Waals surface area contributed by atoms with Gasteiger partial charge in [0.2, 0.25) is 0 Å². The number of ether oxygens (including phenoxy) is 1. The molecule has 0 amide bonds. The van der Waals surface area contributed by atoms with E-state index in [1.807, 2.05) is 13.0 Å². The van der Waals surface area contributed by atoms with Crippen LogP contribution in [-0.4, -0.2) is 18.0 Å². The van der Waals surface area contributed by atoms with Crippen LogP contribution in [0.5, 0.6) is 0 Å². The lowest BCUT2D eigenvalue weighted by Crippen LogP contribution is -2.29. The smallest absolute Gasteiger partial charge is 0.183 e. The second-order valence-electron chi connectivity index (χ2n) is 4.04. The van der Waals surface area contributed by atoms with Gasteiger partial charge in [0.15, 0.2) is 5.78 Å². The molecule has 2 nitrogen and oxygen atoms in total. The molecule has 0 fully saturated rings. The first-order chi connectivity index (χ1) is 6.75.